The Balaban J connectivity index is 1.58. The van der Waals surface area contributed by atoms with Crippen molar-refractivity contribution in [2.75, 3.05) is 6.54 Å². The predicted molar refractivity (Wildman–Crippen MR) is 110 cm³/mol. The first kappa shape index (κ1) is 19.1. The van der Waals surface area contributed by atoms with Crippen molar-refractivity contribution in [3.05, 3.63) is 64.7 Å². The van der Waals surface area contributed by atoms with Crippen molar-refractivity contribution in [2.45, 2.75) is 39.2 Å². The Morgan fingerprint density at radius 2 is 1.96 bits per heavy atom. The summed E-state index contributed by atoms with van der Waals surface area (Å²) in [6.07, 6.45) is 2.15. The fourth-order valence-electron chi connectivity index (χ4n) is 3.24. The molecule has 0 aliphatic carbocycles. The minimum Gasteiger partial charge on any atom is -0.336 e. The van der Waals surface area contributed by atoms with Gasteiger partial charge < -0.3 is 4.90 Å². The molecule has 1 unspecified atom stereocenters. The maximum Gasteiger partial charge on any atom is 0.223 e. The molecular weight excluding hydrogens is 354 g/mol. The standard InChI is InChI=1S/C22H23N3OS/c1-3-25(16(2)18-13-11-17(15-23)12-14-18)22(26)10-6-9-21-24-19-7-4-5-8-20(19)27-21/h4-5,7-8,11-14,16H,3,6,9-10H2,1-2H3. The number of carbonyl (C=O) groups is 1. The maximum absolute atomic E-state index is 12.7. The number of aromatic nitrogens is 1. The van der Waals surface area contributed by atoms with E-state index in [2.05, 4.69) is 17.1 Å². The third kappa shape index (κ3) is 4.53. The van der Waals surface area contributed by atoms with E-state index >= 15 is 0 Å². The number of rotatable bonds is 7. The summed E-state index contributed by atoms with van der Waals surface area (Å²) < 4.78 is 1.20. The number of carbonyl (C=O) groups excluding carboxylic acids is 1. The molecule has 0 bridgehead atoms. The normalized spacial score (nSPS) is 11.9. The summed E-state index contributed by atoms with van der Waals surface area (Å²) in [5.41, 5.74) is 2.72. The van der Waals surface area contributed by atoms with Crippen molar-refractivity contribution in [2.24, 2.45) is 0 Å². The van der Waals surface area contributed by atoms with Gasteiger partial charge in [0.15, 0.2) is 0 Å². The maximum atomic E-state index is 12.7. The summed E-state index contributed by atoms with van der Waals surface area (Å²) >= 11 is 1.71. The third-order valence-electron chi connectivity index (χ3n) is 4.77. The molecule has 1 heterocycles. The molecule has 0 saturated heterocycles. The monoisotopic (exact) mass is 377 g/mol. The molecule has 0 aliphatic rings. The zero-order valence-electron chi connectivity index (χ0n) is 15.7. The number of hydrogen-bond acceptors (Lipinski definition) is 4. The minimum atomic E-state index is -0.00214. The van der Waals surface area contributed by atoms with Gasteiger partial charge in [0.25, 0.3) is 0 Å². The van der Waals surface area contributed by atoms with E-state index in [0.29, 0.717) is 18.5 Å². The molecule has 3 rings (SSSR count). The van der Waals surface area contributed by atoms with Gasteiger partial charge in [0.1, 0.15) is 0 Å². The molecule has 138 valence electrons. The molecule has 0 spiro atoms. The zero-order chi connectivity index (χ0) is 19.2. The molecule has 2 aromatic carbocycles. The van der Waals surface area contributed by atoms with Crippen molar-refractivity contribution in [3.8, 4) is 6.07 Å². The SMILES string of the molecule is CCN(C(=O)CCCc1nc2ccccc2s1)C(C)c1ccc(C#N)cc1. The van der Waals surface area contributed by atoms with E-state index in [9.17, 15) is 4.79 Å². The van der Waals surface area contributed by atoms with Gasteiger partial charge in [-0.2, -0.15) is 5.26 Å². The lowest BCUT2D eigenvalue weighted by Gasteiger charge is -2.28. The predicted octanol–water partition coefficient (Wildman–Crippen LogP) is 5.10. The van der Waals surface area contributed by atoms with Crippen LogP contribution in [-0.2, 0) is 11.2 Å². The van der Waals surface area contributed by atoms with Gasteiger partial charge in [-0.05, 0) is 56.5 Å². The summed E-state index contributed by atoms with van der Waals surface area (Å²) in [6.45, 7) is 4.71. The highest BCUT2D eigenvalue weighted by Gasteiger charge is 2.19. The number of aryl methyl sites for hydroxylation is 1. The Labute approximate surface area is 164 Å². The Bertz CT molecular complexity index is 923. The Hall–Kier alpha value is -2.71. The van der Waals surface area contributed by atoms with Crippen LogP contribution in [-0.4, -0.2) is 22.3 Å². The highest BCUT2D eigenvalue weighted by Crippen LogP contribution is 2.24. The molecule has 27 heavy (non-hydrogen) atoms. The van der Waals surface area contributed by atoms with Crippen LogP contribution in [0.2, 0.25) is 0 Å². The number of nitrogens with zero attached hydrogens (tertiary/aromatic N) is 3. The number of thiazole rings is 1. The lowest BCUT2D eigenvalue weighted by Crippen LogP contribution is -2.33. The van der Waals surface area contributed by atoms with E-state index in [1.807, 2.05) is 49.1 Å². The van der Waals surface area contributed by atoms with Crippen molar-refractivity contribution < 1.29 is 4.79 Å². The zero-order valence-corrected chi connectivity index (χ0v) is 16.5. The fraction of sp³-hybridized carbons (Fsp3) is 0.318. The van der Waals surface area contributed by atoms with Crippen molar-refractivity contribution in [1.29, 1.82) is 5.26 Å². The molecule has 5 heteroatoms. The highest BCUT2D eigenvalue weighted by atomic mass is 32.1. The van der Waals surface area contributed by atoms with E-state index in [1.54, 1.807) is 23.5 Å². The van der Waals surface area contributed by atoms with Gasteiger partial charge in [-0.1, -0.05) is 24.3 Å². The first-order valence-electron chi connectivity index (χ1n) is 9.26. The van der Waals surface area contributed by atoms with Crippen LogP contribution in [0.3, 0.4) is 0 Å². The number of amides is 1. The summed E-state index contributed by atoms with van der Waals surface area (Å²) in [5.74, 6) is 0.162. The summed E-state index contributed by atoms with van der Waals surface area (Å²) in [7, 11) is 0. The van der Waals surface area contributed by atoms with Crippen LogP contribution in [0.1, 0.15) is 48.9 Å². The van der Waals surface area contributed by atoms with Gasteiger partial charge in [0.2, 0.25) is 5.91 Å². The Kier molecular flexibility index (Phi) is 6.20. The second-order valence-electron chi connectivity index (χ2n) is 6.52. The number of para-hydroxylation sites is 1. The lowest BCUT2D eigenvalue weighted by molar-refractivity contribution is -0.133. The molecule has 0 radical (unpaired) electrons. The van der Waals surface area contributed by atoms with E-state index < -0.39 is 0 Å². The Morgan fingerprint density at radius 3 is 2.63 bits per heavy atom. The van der Waals surface area contributed by atoms with E-state index in [-0.39, 0.29) is 11.9 Å². The number of nitriles is 1. The largest absolute Gasteiger partial charge is 0.336 e. The van der Waals surface area contributed by atoms with Crippen LogP contribution in [0.4, 0.5) is 0 Å². The molecule has 0 fully saturated rings. The average Bonchev–Trinajstić information content (AvgIpc) is 3.11. The van der Waals surface area contributed by atoms with Crippen LogP contribution in [0.5, 0.6) is 0 Å². The van der Waals surface area contributed by atoms with E-state index in [0.717, 1.165) is 28.9 Å². The lowest BCUT2D eigenvalue weighted by atomic mass is 10.0. The molecule has 0 aliphatic heterocycles. The number of hydrogen-bond donors (Lipinski definition) is 0. The van der Waals surface area contributed by atoms with Gasteiger partial charge in [-0.15, -0.1) is 11.3 Å². The fourth-order valence-corrected chi connectivity index (χ4v) is 4.25. The number of benzene rings is 2. The van der Waals surface area contributed by atoms with E-state index in [4.69, 9.17) is 5.26 Å². The molecule has 1 atom stereocenters. The summed E-state index contributed by atoms with van der Waals surface area (Å²) in [6, 6.07) is 17.7. The smallest absolute Gasteiger partial charge is 0.223 e. The van der Waals surface area contributed by atoms with Crippen LogP contribution >= 0.6 is 11.3 Å². The first-order valence-corrected chi connectivity index (χ1v) is 10.1. The van der Waals surface area contributed by atoms with Crippen LogP contribution in [0.15, 0.2) is 48.5 Å². The van der Waals surface area contributed by atoms with Gasteiger partial charge >= 0.3 is 0 Å². The Morgan fingerprint density at radius 1 is 1.22 bits per heavy atom. The van der Waals surface area contributed by atoms with Gasteiger partial charge in [-0.25, -0.2) is 4.98 Å². The highest BCUT2D eigenvalue weighted by molar-refractivity contribution is 7.18. The molecule has 0 N–H and O–H groups in total. The van der Waals surface area contributed by atoms with Gasteiger partial charge in [-0.3, -0.25) is 4.79 Å². The summed E-state index contributed by atoms with van der Waals surface area (Å²) in [4.78, 5) is 19.3. The number of fused-ring (bicyclic) bond motifs is 1. The average molecular weight is 378 g/mol. The second-order valence-corrected chi connectivity index (χ2v) is 7.63. The minimum absolute atomic E-state index is 0.00214. The molecule has 0 saturated carbocycles. The topological polar surface area (TPSA) is 57.0 Å². The van der Waals surface area contributed by atoms with Crippen LogP contribution in [0, 0.1) is 11.3 Å². The van der Waals surface area contributed by atoms with Crippen molar-refractivity contribution in [3.63, 3.8) is 0 Å². The van der Waals surface area contributed by atoms with Crippen LogP contribution < -0.4 is 0 Å². The third-order valence-corrected chi connectivity index (χ3v) is 5.87. The van der Waals surface area contributed by atoms with Gasteiger partial charge in [0.05, 0.1) is 32.9 Å². The molecule has 1 amide bonds. The summed E-state index contributed by atoms with van der Waals surface area (Å²) in [5, 5.41) is 10.0. The quantitative estimate of drug-likeness (QED) is 0.575. The van der Waals surface area contributed by atoms with Gasteiger partial charge in [0, 0.05) is 13.0 Å². The van der Waals surface area contributed by atoms with Crippen LogP contribution in [0.25, 0.3) is 10.2 Å². The molecule has 4 nitrogen and oxygen atoms in total. The van der Waals surface area contributed by atoms with Crippen molar-refractivity contribution >= 4 is 27.5 Å². The molecule has 1 aromatic heterocycles. The first-order chi connectivity index (χ1) is 13.1. The van der Waals surface area contributed by atoms with Crippen molar-refractivity contribution in [1.82, 2.24) is 9.88 Å². The molecule has 3 aromatic rings. The molecular formula is C22H23N3OS. The van der Waals surface area contributed by atoms with E-state index in [1.165, 1.54) is 4.70 Å². The second kappa shape index (κ2) is 8.79.